The smallest absolute Gasteiger partial charge is 0.342 e. The fourth-order valence-electron chi connectivity index (χ4n) is 3.84. The molecule has 1 amide bonds. The summed E-state index contributed by atoms with van der Waals surface area (Å²) in [5.41, 5.74) is 2.06. The molecule has 1 fully saturated rings. The predicted molar refractivity (Wildman–Crippen MR) is 110 cm³/mol. The summed E-state index contributed by atoms with van der Waals surface area (Å²) in [4.78, 5) is 26.7. The molecule has 28 heavy (non-hydrogen) atoms. The van der Waals surface area contributed by atoms with E-state index in [1.165, 1.54) is 16.9 Å². The number of amides is 1. The molecule has 2 aromatic heterocycles. The maximum absolute atomic E-state index is 12.6. The van der Waals surface area contributed by atoms with E-state index in [1.54, 1.807) is 4.57 Å². The molecule has 1 aliphatic rings. The molecule has 3 aromatic rings. The molecule has 0 aliphatic carbocycles. The first kappa shape index (κ1) is 18.7. The Morgan fingerprint density at radius 3 is 2.79 bits per heavy atom. The first-order valence-electron chi connectivity index (χ1n) is 9.63. The van der Waals surface area contributed by atoms with Gasteiger partial charge in [-0.3, -0.25) is 4.79 Å². The Hall–Kier alpha value is -2.67. The summed E-state index contributed by atoms with van der Waals surface area (Å²) in [6.07, 6.45) is 3.08. The predicted octanol–water partition coefficient (Wildman–Crippen LogP) is 2.95. The number of aryl methyl sites for hydroxylation is 1. The third-order valence-electron chi connectivity index (χ3n) is 5.34. The van der Waals surface area contributed by atoms with Crippen LogP contribution in [0.1, 0.15) is 29.8 Å². The molecule has 6 nitrogen and oxygen atoms in total. The Morgan fingerprint density at radius 1 is 1.25 bits per heavy atom. The van der Waals surface area contributed by atoms with Crippen molar-refractivity contribution in [2.24, 2.45) is 5.92 Å². The lowest BCUT2D eigenvalue weighted by Crippen LogP contribution is -2.39. The number of piperidine rings is 1. The molecule has 0 bridgehead atoms. The number of nitrogens with one attached hydrogen (secondary N) is 1. The molecule has 0 spiro atoms. The largest absolute Gasteiger partial charge is 0.348 e. The molecule has 1 N–H and O–H groups in total. The van der Waals surface area contributed by atoms with Crippen molar-refractivity contribution in [2.75, 3.05) is 13.1 Å². The highest BCUT2D eigenvalue weighted by atomic mass is 32.1. The third kappa shape index (κ3) is 4.09. The molecule has 7 heteroatoms. The van der Waals surface area contributed by atoms with Crippen LogP contribution in [0.3, 0.4) is 0 Å². The first-order chi connectivity index (χ1) is 13.6. The van der Waals surface area contributed by atoms with E-state index in [-0.39, 0.29) is 11.6 Å². The van der Waals surface area contributed by atoms with Crippen molar-refractivity contribution in [3.8, 4) is 5.00 Å². The van der Waals surface area contributed by atoms with Gasteiger partial charge in [-0.1, -0.05) is 29.8 Å². The van der Waals surface area contributed by atoms with Crippen molar-refractivity contribution in [1.82, 2.24) is 19.7 Å². The fourth-order valence-corrected chi connectivity index (χ4v) is 4.59. The number of thiophene rings is 1. The number of likely N-dealkylation sites (tertiary alicyclic amines) is 1. The minimum atomic E-state index is -0.191. The number of nitrogens with zero attached hydrogens (tertiary/aromatic N) is 3. The van der Waals surface area contributed by atoms with Gasteiger partial charge in [-0.15, -0.1) is 11.3 Å². The van der Waals surface area contributed by atoms with Gasteiger partial charge in [0.15, 0.2) is 0 Å². The van der Waals surface area contributed by atoms with Crippen LogP contribution in [-0.4, -0.2) is 38.7 Å². The summed E-state index contributed by atoms with van der Waals surface area (Å²) in [7, 11) is 0. The summed E-state index contributed by atoms with van der Waals surface area (Å²) < 4.78 is 1.67. The van der Waals surface area contributed by atoms with Crippen LogP contribution in [0.5, 0.6) is 0 Å². The Bertz CT molecular complexity index is 998. The van der Waals surface area contributed by atoms with E-state index < -0.39 is 0 Å². The minimum Gasteiger partial charge on any atom is -0.342 e. The summed E-state index contributed by atoms with van der Waals surface area (Å²) in [6.45, 7) is 3.58. The lowest BCUT2D eigenvalue weighted by molar-refractivity contribution is -0.131. The molecule has 3 heterocycles. The maximum atomic E-state index is 12.6. The van der Waals surface area contributed by atoms with Crippen molar-refractivity contribution in [3.05, 3.63) is 69.2 Å². The van der Waals surface area contributed by atoms with Gasteiger partial charge in [0.25, 0.3) is 0 Å². The third-order valence-corrected chi connectivity index (χ3v) is 6.20. The van der Waals surface area contributed by atoms with Crippen LogP contribution >= 0.6 is 11.3 Å². The molecule has 0 unspecified atom stereocenters. The molecule has 146 valence electrons. The highest BCUT2D eigenvalue weighted by Crippen LogP contribution is 2.23. The molecule has 1 saturated heterocycles. The second-order valence-corrected chi connectivity index (χ2v) is 8.35. The Morgan fingerprint density at radius 2 is 2.07 bits per heavy atom. The molecule has 0 atom stereocenters. The van der Waals surface area contributed by atoms with Crippen molar-refractivity contribution >= 4 is 17.2 Å². The molecule has 4 rings (SSSR count). The zero-order valence-corrected chi connectivity index (χ0v) is 16.7. The lowest BCUT2D eigenvalue weighted by Gasteiger charge is -2.32. The molecule has 0 saturated carbocycles. The molecular formula is C21H24N4O2S. The highest BCUT2D eigenvalue weighted by Gasteiger charge is 2.25. The summed E-state index contributed by atoms with van der Waals surface area (Å²) in [6, 6.07) is 12.0. The summed E-state index contributed by atoms with van der Waals surface area (Å²) >= 11 is 1.53. The number of H-pyrrole nitrogens is 1. The number of hydrogen-bond acceptors (Lipinski definition) is 4. The van der Waals surface area contributed by atoms with E-state index in [0.717, 1.165) is 48.7 Å². The molecule has 1 aliphatic heterocycles. The van der Waals surface area contributed by atoms with Crippen LogP contribution in [0, 0.1) is 12.8 Å². The first-order valence-corrected chi connectivity index (χ1v) is 10.5. The second-order valence-electron chi connectivity index (χ2n) is 7.43. The molecule has 1 aromatic carbocycles. The topological polar surface area (TPSA) is 71.0 Å². The lowest BCUT2D eigenvalue weighted by atomic mass is 9.93. The molecule has 0 radical (unpaired) electrons. The zero-order valence-electron chi connectivity index (χ0n) is 15.9. The minimum absolute atomic E-state index is 0.191. The van der Waals surface area contributed by atoms with E-state index in [2.05, 4.69) is 16.3 Å². The zero-order chi connectivity index (χ0) is 19.5. The number of benzene rings is 1. The van der Waals surface area contributed by atoms with Crippen LogP contribution < -0.4 is 5.69 Å². The second kappa shape index (κ2) is 8.14. The van der Waals surface area contributed by atoms with Gasteiger partial charge >= 0.3 is 5.69 Å². The van der Waals surface area contributed by atoms with Gasteiger partial charge in [0.2, 0.25) is 5.91 Å². The average Bonchev–Trinajstić information content (AvgIpc) is 3.32. The Kier molecular flexibility index (Phi) is 5.43. The van der Waals surface area contributed by atoms with E-state index in [1.807, 2.05) is 47.5 Å². The number of rotatable bonds is 5. The van der Waals surface area contributed by atoms with Crippen molar-refractivity contribution < 1.29 is 4.79 Å². The monoisotopic (exact) mass is 396 g/mol. The van der Waals surface area contributed by atoms with Crippen LogP contribution in [0.25, 0.3) is 5.00 Å². The van der Waals surface area contributed by atoms with Gasteiger partial charge in [-0.2, -0.15) is 5.10 Å². The van der Waals surface area contributed by atoms with Crippen molar-refractivity contribution in [3.63, 3.8) is 0 Å². The molecular weight excluding hydrogens is 372 g/mol. The van der Waals surface area contributed by atoms with Gasteiger partial charge in [-0.25, -0.2) is 14.5 Å². The van der Waals surface area contributed by atoms with Crippen LogP contribution in [0.4, 0.5) is 0 Å². The number of hydrogen-bond donors (Lipinski definition) is 1. The Balaban J connectivity index is 1.35. The summed E-state index contributed by atoms with van der Waals surface area (Å²) in [5, 5.41) is 9.65. The quantitative estimate of drug-likeness (QED) is 0.721. The van der Waals surface area contributed by atoms with Gasteiger partial charge in [-0.05, 0) is 48.8 Å². The number of aromatic amines is 1. The van der Waals surface area contributed by atoms with Gasteiger partial charge < -0.3 is 4.90 Å². The van der Waals surface area contributed by atoms with Crippen LogP contribution in [0.15, 0.2) is 46.6 Å². The maximum Gasteiger partial charge on any atom is 0.348 e. The SMILES string of the molecule is Cc1cccc(CC(=O)N2CCC(Cc3n[nH]c(=O)n3-c3cccs3)CC2)c1. The van der Waals surface area contributed by atoms with Gasteiger partial charge in [0.1, 0.15) is 10.8 Å². The Labute approximate surface area is 167 Å². The van der Waals surface area contributed by atoms with E-state index in [0.29, 0.717) is 12.3 Å². The van der Waals surface area contributed by atoms with Crippen molar-refractivity contribution in [1.29, 1.82) is 0 Å². The number of aromatic nitrogens is 3. The highest BCUT2D eigenvalue weighted by molar-refractivity contribution is 7.12. The summed E-state index contributed by atoms with van der Waals surface area (Å²) in [5.74, 6) is 1.40. The van der Waals surface area contributed by atoms with Gasteiger partial charge in [0, 0.05) is 19.5 Å². The van der Waals surface area contributed by atoms with Crippen LogP contribution in [0.2, 0.25) is 0 Å². The van der Waals surface area contributed by atoms with E-state index >= 15 is 0 Å². The number of carbonyl (C=O) groups is 1. The van der Waals surface area contributed by atoms with E-state index in [9.17, 15) is 9.59 Å². The average molecular weight is 397 g/mol. The van der Waals surface area contributed by atoms with E-state index in [4.69, 9.17) is 0 Å². The van der Waals surface area contributed by atoms with Gasteiger partial charge in [0.05, 0.1) is 6.42 Å². The van der Waals surface area contributed by atoms with Crippen molar-refractivity contribution in [2.45, 2.75) is 32.6 Å². The number of carbonyl (C=O) groups excluding carboxylic acids is 1. The fraction of sp³-hybridized carbons (Fsp3) is 0.381. The standard InChI is InChI=1S/C21H24N4O2S/c1-15-4-2-5-17(12-15)14-19(26)24-9-7-16(8-10-24)13-18-22-23-21(27)25(18)20-6-3-11-28-20/h2-6,11-12,16H,7-10,13-14H2,1H3,(H,23,27). The normalized spacial score (nSPS) is 15.1. The van der Waals surface area contributed by atoms with Crippen LogP contribution in [-0.2, 0) is 17.6 Å².